The third kappa shape index (κ3) is 3.61. The van der Waals surface area contributed by atoms with Crippen LogP contribution < -0.4 is 16.0 Å². The summed E-state index contributed by atoms with van der Waals surface area (Å²) in [7, 11) is 0. The van der Waals surface area contributed by atoms with Gasteiger partial charge in [0.25, 0.3) is 5.91 Å². The molecule has 2 rings (SSSR count). The molecule has 0 saturated heterocycles. The summed E-state index contributed by atoms with van der Waals surface area (Å²) in [5, 5.41) is 4.08. The predicted octanol–water partition coefficient (Wildman–Crippen LogP) is 1.95. The molecule has 0 atom stereocenters. The van der Waals surface area contributed by atoms with Crippen LogP contribution in [0.5, 0.6) is 5.75 Å². The molecule has 3 N–H and O–H groups in total. The van der Waals surface area contributed by atoms with Crippen molar-refractivity contribution in [1.82, 2.24) is 15.2 Å². The lowest BCUT2D eigenvalue weighted by molar-refractivity contribution is 0.0946. The van der Waals surface area contributed by atoms with Crippen molar-refractivity contribution in [1.29, 1.82) is 0 Å². The Labute approximate surface area is 123 Å². The predicted molar refractivity (Wildman–Crippen MR) is 79.8 cm³/mol. The van der Waals surface area contributed by atoms with Gasteiger partial charge in [-0.25, -0.2) is 10.5 Å². The van der Waals surface area contributed by atoms with Crippen LogP contribution in [0.2, 0.25) is 0 Å². The zero-order valence-electron chi connectivity index (χ0n) is 12.5. The van der Waals surface area contributed by atoms with Gasteiger partial charge in [0.05, 0.1) is 0 Å². The number of nitrogens with two attached hydrogens (primary N) is 1. The lowest BCUT2D eigenvalue weighted by Gasteiger charge is -2.12. The van der Waals surface area contributed by atoms with Crippen molar-refractivity contribution in [2.24, 2.45) is 5.84 Å². The molecule has 1 aromatic heterocycles. The van der Waals surface area contributed by atoms with Gasteiger partial charge in [-0.15, -0.1) is 0 Å². The van der Waals surface area contributed by atoms with Crippen molar-refractivity contribution in [3.8, 4) is 5.75 Å². The van der Waals surface area contributed by atoms with Gasteiger partial charge < -0.3 is 4.74 Å². The largest absolute Gasteiger partial charge is 0.471 e. The van der Waals surface area contributed by atoms with E-state index in [-0.39, 0.29) is 12.4 Å². The van der Waals surface area contributed by atoms with E-state index in [1.54, 1.807) is 16.9 Å². The summed E-state index contributed by atoms with van der Waals surface area (Å²) >= 11 is 0. The molecule has 6 nitrogen and oxygen atoms in total. The molecule has 112 valence electrons. The van der Waals surface area contributed by atoms with Crippen LogP contribution in [0.25, 0.3) is 0 Å². The van der Waals surface area contributed by atoms with Crippen molar-refractivity contribution in [2.45, 2.75) is 33.4 Å². The maximum absolute atomic E-state index is 11.3. The van der Waals surface area contributed by atoms with E-state index in [1.807, 2.05) is 24.5 Å². The van der Waals surface area contributed by atoms with Crippen LogP contribution in [0, 0.1) is 6.92 Å². The normalized spacial score (nSPS) is 10.7. The number of aryl methyl sites for hydroxylation is 1. The molecule has 21 heavy (non-hydrogen) atoms. The average molecular weight is 288 g/mol. The number of hydrogen-bond donors (Lipinski definition) is 2. The number of nitrogens with one attached hydrogen (secondary N) is 1. The lowest BCUT2D eigenvalue weighted by Crippen LogP contribution is -2.30. The number of carbonyl (C=O) groups excluding carboxylic acids is 1. The van der Waals surface area contributed by atoms with Gasteiger partial charge in [0.1, 0.15) is 5.75 Å². The molecule has 0 aliphatic rings. The third-order valence-electron chi connectivity index (χ3n) is 3.24. The Bertz CT molecular complexity index is 634. The summed E-state index contributed by atoms with van der Waals surface area (Å²) in [6.45, 7) is 6.51. The fraction of sp³-hybridized carbons (Fsp3) is 0.333. The van der Waals surface area contributed by atoms with Crippen LogP contribution in [-0.2, 0) is 6.73 Å². The smallest absolute Gasteiger partial charge is 0.285 e. The molecule has 0 unspecified atom stereocenters. The summed E-state index contributed by atoms with van der Waals surface area (Å²) in [6, 6.07) is 7.77. The van der Waals surface area contributed by atoms with Gasteiger partial charge in [-0.2, -0.15) is 5.10 Å². The summed E-state index contributed by atoms with van der Waals surface area (Å²) in [5.41, 5.74) is 4.58. The maximum Gasteiger partial charge on any atom is 0.285 e. The number of amides is 1. The number of carbonyl (C=O) groups is 1. The van der Waals surface area contributed by atoms with Gasteiger partial charge in [-0.1, -0.05) is 26.0 Å². The van der Waals surface area contributed by atoms with Crippen molar-refractivity contribution < 1.29 is 9.53 Å². The topological polar surface area (TPSA) is 82.2 Å². The Morgan fingerprint density at radius 2 is 2.19 bits per heavy atom. The van der Waals surface area contributed by atoms with Gasteiger partial charge in [0.2, 0.25) is 0 Å². The van der Waals surface area contributed by atoms with Crippen molar-refractivity contribution >= 4 is 5.91 Å². The van der Waals surface area contributed by atoms with Crippen LogP contribution in [-0.4, -0.2) is 15.7 Å². The number of hydrazine groups is 1. The van der Waals surface area contributed by atoms with Crippen molar-refractivity contribution in [3.05, 3.63) is 47.3 Å². The highest BCUT2D eigenvalue weighted by atomic mass is 16.5. The first-order valence-corrected chi connectivity index (χ1v) is 6.79. The summed E-state index contributed by atoms with van der Waals surface area (Å²) in [6.07, 6.45) is 1.67. The molecule has 0 saturated carbocycles. The maximum atomic E-state index is 11.3. The second-order valence-electron chi connectivity index (χ2n) is 5.17. The van der Waals surface area contributed by atoms with Gasteiger partial charge >= 0.3 is 0 Å². The summed E-state index contributed by atoms with van der Waals surface area (Å²) < 4.78 is 7.33. The van der Waals surface area contributed by atoms with E-state index in [0.29, 0.717) is 5.92 Å². The van der Waals surface area contributed by atoms with E-state index < -0.39 is 5.91 Å². The first-order chi connectivity index (χ1) is 10.0. The number of benzene rings is 1. The first-order valence-electron chi connectivity index (χ1n) is 6.79. The second kappa shape index (κ2) is 6.41. The molecule has 1 aromatic carbocycles. The van der Waals surface area contributed by atoms with E-state index >= 15 is 0 Å². The van der Waals surface area contributed by atoms with E-state index in [1.165, 1.54) is 5.56 Å². The Balaban J connectivity index is 2.07. The minimum absolute atomic E-state index is 0.236. The number of nitrogen functional groups attached to an aromatic ring is 1. The van der Waals surface area contributed by atoms with Gasteiger partial charge in [0, 0.05) is 6.20 Å². The van der Waals surface area contributed by atoms with E-state index in [9.17, 15) is 4.79 Å². The highest BCUT2D eigenvalue weighted by Crippen LogP contribution is 2.24. The van der Waals surface area contributed by atoms with Crippen LogP contribution in [0.4, 0.5) is 0 Å². The molecule has 1 heterocycles. The minimum Gasteiger partial charge on any atom is -0.471 e. The summed E-state index contributed by atoms with van der Waals surface area (Å²) in [5.74, 6) is 5.90. The SMILES string of the molecule is Cc1ccc(C(C)C)cc1OCn1ccc(C(=O)NN)n1. The van der Waals surface area contributed by atoms with Gasteiger partial charge in [-0.05, 0) is 36.1 Å². The highest BCUT2D eigenvalue weighted by molar-refractivity contribution is 5.91. The molecule has 0 fully saturated rings. The van der Waals surface area contributed by atoms with E-state index in [2.05, 4.69) is 25.0 Å². The van der Waals surface area contributed by atoms with Crippen molar-refractivity contribution in [2.75, 3.05) is 0 Å². The van der Waals surface area contributed by atoms with Crippen LogP contribution in [0.15, 0.2) is 30.5 Å². The minimum atomic E-state index is -0.424. The average Bonchev–Trinajstić information content (AvgIpc) is 2.94. The quantitative estimate of drug-likeness (QED) is 0.500. The molecular formula is C15H20N4O2. The number of aromatic nitrogens is 2. The molecule has 0 spiro atoms. The number of rotatable bonds is 5. The zero-order valence-corrected chi connectivity index (χ0v) is 12.5. The standard InChI is InChI=1S/C15H20N4O2/c1-10(2)12-5-4-11(3)14(8-12)21-9-19-7-6-13(18-19)15(20)17-16/h4-8,10H,9,16H2,1-3H3,(H,17,20). The molecule has 2 aromatic rings. The van der Waals surface area contributed by atoms with Crippen LogP contribution in [0.1, 0.15) is 41.4 Å². The van der Waals surface area contributed by atoms with Gasteiger partial charge in [0.15, 0.2) is 12.4 Å². The van der Waals surface area contributed by atoms with Crippen LogP contribution in [0.3, 0.4) is 0 Å². The van der Waals surface area contributed by atoms with E-state index in [4.69, 9.17) is 10.6 Å². The van der Waals surface area contributed by atoms with E-state index in [0.717, 1.165) is 11.3 Å². The first kappa shape index (κ1) is 15.1. The lowest BCUT2D eigenvalue weighted by atomic mass is 10.0. The number of nitrogens with zero attached hydrogens (tertiary/aromatic N) is 2. The Kier molecular flexibility index (Phi) is 4.59. The van der Waals surface area contributed by atoms with Gasteiger partial charge in [-0.3, -0.25) is 10.2 Å². The number of ether oxygens (including phenoxy) is 1. The molecular weight excluding hydrogens is 268 g/mol. The van der Waals surface area contributed by atoms with Crippen LogP contribution >= 0.6 is 0 Å². The third-order valence-corrected chi connectivity index (χ3v) is 3.24. The fourth-order valence-electron chi connectivity index (χ4n) is 1.90. The number of hydrogen-bond acceptors (Lipinski definition) is 4. The Morgan fingerprint density at radius 3 is 2.86 bits per heavy atom. The summed E-state index contributed by atoms with van der Waals surface area (Å²) in [4.78, 5) is 11.3. The zero-order chi connectivity index (χ0) is 15.4. The Hall–Kier alpha value is -2.34. The molecule has 0 bridgehead atoms. The highest BCUT2D eigenvalue weighted by Gasteiger charge is 2.08. The monoisotopic (exact) mass is 288 g/mol. The molecule has 0 aliphatic heterocycles. The molecule has 0 aliphatic carbocycles. The molecule has 0 radical (unpaired) electrons. The fourth-order valence-corrected chi connectivity index (χ4v) is 1.90. The molecule has 1 amide bonds. The molecule has 6 heteroatoms. The Morgan fingerprint density at radius 1 is 1.43 bits per heavy atom. The second-order valence-corrected chi connectivity index (χ2v) is 5.17. The van der Waals surface area contributed by atoms with Crippen molar-refractivity contribution in [3.63, 3.8) is 0 Å².